The summed E-state index contributed by atoms with van der Waals surface area (Å²) < 4.78 is 0. The van der Waals surface area contributed by atoms with E-state index in [0.717, 1.165) is 63.5 Å². The third kappa shape index (κ3) is 3.94. The van der Waals surface area contributed by atoms with Crippen LogP contribution in [0.1, 0.15) is 44.6 Å². The molecule has 1 aliphatic carbocycles. The molecule has 0 unspecified atom stereocenters. The van der Waals surface area contributed by atoms with Gasteiger partial charge in [0.15, 0.2) is 0 Å². The SMILES string of the molecule is C[C@H]1CN(C(=O)C2CC2)CC[C@H]1NCc1cnc(N2CCCC2)nc1. The molecule has 2 atom stereocenters. The monoisotopic (exact) mass is 343 g/mol. The second-order valence-corrected chi connectivity index (χ2v) is 7.90. The summed E-state index contributed by atoms with van der Waals surface area (Å²) >= 11 is 0. The van der Waals surface area contributed by atoms with Crippen molar-refractivity contribution in [3.05, 3.63) is 18.0 Å². The van der Waals surface area contributed by atoms with Gasteiger partial charge in [0.1, 0.15) is 0 Å². The van der Waals surface area contributed by atoms with Crippen LogP contribution in [-0.2, 0) is 11.3 Å². The molecule has 0 spiro atoms. The predicted octanol–water partition coefficient (Wildman–Crippen LogP) is 1.81. The van der Waals surface area contributed by atoms with E-state index < -0.39 is 0 Å². The van der Waals surface area contributed by atoms with Crippen LogP contribution in [0.2, 0.25) is 0 Å². The predicted molar refractivity (Wildman–Crippen MR) is 97.2 cm³/mol. The quantitative estimate of drug-likeness (QED) is 0.883. The molecule has 2 aliphatic heterocycles. The molecule has 3 fully saturated rings. The molecule has 0 bridgehead atoms. The molecular formula is C19H29N5O. The van der Waals surface area contributed by atoms with Crippen LogP contribution in [0.5, 0.6) is 0 Å². The van der Waals surface area contributed by atoms with Gasteiger partial charge in [0.25, 0.3) is 0 Å². The largest absolute Gasteiger partial charge is 0.342 e. The minimum Gasteiger partial charge on any atom is -0.342 e. The van der Waals surface area contributed by atoms with Gasteiger partial charge in [-0.05, 0) is 38.0 Å². The van der Waals surface area contributed by atoms with E-state index >= 15 is 0 Å². The number of hydrogen-bond acceptors (Lipinski definition) is 5. The van der Waals surface area contributed by atoms with Crippen LogP contribution in [0.4, 0.5) is 5.95 Å². The second-order valence-electron chi connectivity index (χ2n) is 7.90. The van der Waals surface area contributed by atoms with Crippen LogP contribution in [0.25, 0.3) is 0 Å². The molecule has 6 heteroatoms. The fourth-order valence-corrected chi connectivity index (χ4v) is 4.01. The van der Waals surface area contributed by atoms with Crippen LogP contribution < -0.4 is 10.2 Å². The lowest BCUT2D eigenvalue weighted by molar-refractivity contribution is -0.134. The first-order valence-electron chi connectivity index (χ1n) is 9.79. The standard InChI is InChI=1S/C19H29N5O/c1-14-13-24(18(25)16-4-5-16)9-6-17(14)20-10-15-11-21-19(22-12-15)23-7-2-3-8-23/h11-12,14,16-17,20H,2-10,13H2,1H3/t14-,17+/m0/s1. The number of carbonyl (C=O) groups is 1. The van der Waals surface area contributed by atoms with Gasteiger partial charge in [-0.3, -0.25) is 4.79 Å². The van der Waals surface area contributed by atoms with Gasteiger partial charge in [-0.25, -0.2) is 9.97 Å². The van der Waals surface area contributed by atoms with Crippen molar-refractivity contribution in [3.8, 4) is 0 Å². The van der Waals surface area contributed by atoms with E-state index in [-0.39, 0.29) is 0 Å². The fourth-order valence-electron chi connectivity index (χ4n) is 4.01. The molecule has 1 aromatic rings. The van der Waals surface area contributed by atoms with E-state index in [9.17, 15) is 4.79 Å². The summed E-state index contributed by atoms with van der Waals surface area (Å²) in [6.07, 6.45) is 9.61. The number of piperidine rings is 1. The maximum absolute atomic E-state index is 12.2. The van der Waals surface area contributed by atoms with Crippen LogP contribution in [0.3, 0.4) is 0 Å². The number of aromatic nitrogens is 2. The number of rotatable bonds is 5. The van der Waals surface area contributed by atoms with Crippen molar-refractivity contribution >= 4 is 11.9 Å². The number of carbonyl (C=O) groups excluding carboxylic acids is 1. The number of likely N-dealkylation sites (tertiary alicyclic amines) is 1. The highest BCUT2D eigenvalue weighted by atomic mass is 16.2. The van der Waals surface area contributed by atoms with Crippen molar-refractivity contribution in [1.29, 1.82) is 0 Å². The molecule has 1 saturated carbocycles. The first-order valence-corrected chi connectivity index (χ1v) is 9.79. The second kappa shape index (κ2) is 7.28. The molecule has 3 heterocycles. The zero-order valence-electron chi connectivity index (χ0n) is 15.2. The normalized spacial score (nSPS) is 26.9. The summed E-state index contributed by atoms with van der Waals surface area (Å²) in [4.78, 5) is 25.6. The lowest BCUT2D eigenvalue weighted by Crippen LogP contribution is -2.50. The summed E-state index contributed by atoms with van der Waals surface area (Å²) in [5, 5.41) is 3.65. The summed E-state index contributed by atoms with van der Waals surface area (Å²) in [6, 6.07) is 0.460. The number of nitrogens with one attached hydrogen (secondary N) is 1. The highest BCUT2D eigenvalue weighted by molar-refractivity contribution is 5.81. The Bertz CT molecular complexity index is 594. The van der Waals surface area contributed by atoms with E-state index in [0.29, 0.717) is 23.8 Å². The molecule has 1 amide bonds. The zero-order valence-corrected chi connectivity index (χ0v) is 15.2. The van der Waals surface area contributed by atoms with Crippen LogP contribution >= 0.6 is 0 Å². The zero-order chi connectivity index (χ0) is 17.2. The smallest absolute Gasteiger partial charge is 0.225 e. The Morgan fingerprint density at radius 2 is 1.88 bits per heavy atom. The van der Waals surface area contributed by atoms with E-state index in [1.54, 1.807) is 0 Å². The molecule has 25 heavy (non-hydrogen) atoms. The van der Waals surface area contributed by atoms with Gasteiger partial charge >= 0.3 is 0 Å². The Hall–Kier alpha value is -1.69. The Balaban J connectivity index is 1.26. The third-order valence-corrected chi connectivity index (χ3v) is 5.79. The molecule has 0 radical (unpaired) electrons. The summed E-state index contributed by atoms with van der Waals surface area (Å²) in [7, 11) is 0. The van der Waals surface area contributed by atoms with Crippen molar-refractivity contribution in [2.24, 2.45) is 11.8 Å². The topological polar surface area (TPSA) is 61.4 Å². The van der Waals surface area contributed by atoms with Crippen molar-refractivity contribution in [2.45, 2.75) is 51.6 Å². The van der Waals surface area contributed by atoms with Gasteiger partial charge in [0, 0.05) is 62.6 Å². The molecule has 6 nitrogen and oxygen atoms in total. The van der Waals surface area contributed by atoms with Gasteiger partial charge in [0.2, 0.25) is 11.9 Å². The van der Waals surface area contributed by atoms with Crippen molar-refractivity contribution in [1.82, 2.24) is 20.2 Å². The maximum atomic E-state index is 12.2. The molecule has 2 saturated heterocycles. The summed E-state index contributed by atoms with van der Waals surface area (Å²) in [5.74, 6) is 2.07. The minimum absolute atomic E-state index is 0.336. The Labute approximate surface area is 150 Å². The van der Waals surface area contributed by atoms with Crippen molar-refractivity contribution < 1.29 is 4.79 Å². The Morgan fingerprint density at radius 1 is 1.16 bits per heavy atom. The number of nitrogens with zero attached hydrogens (tertiary/aromatic N) is 4. The van der Waals surface area contributed by atoms with Gasteiger partial charge in [-0.2, -0.15) is 0 Å². The fraction of sp³-hybridized carbons (Fsp3) is 0.737. The molecule has 0 aromatic carbocycles. The summed E-state index contributed by atoms with van der Waals surface area (Å²) in [5.41, 5.74) is 1.13. The van der Waals surface area contributed by atoms with Crippen LogP contribution in [0.15, 0.2) is 12.4 Å². The van der Waals surface area contributed by atoms with Crippen LogP contribution in [0, 0.1) is 11.8 Å². The molecule has 4 rings (SSSR count). The van der Waals surface area contributed by atoms with Crippen LogP contribution in [-0.4, -0.2) is 53.0 Å². The molecule has 136 valence electrons. The van der Waals surface area contributed by atoms with Gasteiger partial charge in [-0.15, -0.1) is 0 Å². The van der Waals surface area contributed by atoms with Gasteiger partial charge in [0.05, 0.1) is 0 Å². The highest BCUT2D eigenvalue weighted by Crippen LogP contribution is 2.32. The van der Waals surface area contributed by atoms with E-state index in [2.05, 4.69) is 32.0 Å². The van der Waals surface area contributed by atoms with Crippen molar-refractivity contribution in [3.63, 3.8) is 0 Å². The molecule has 3 aliphatic rings. The van der Waals surface area contributed by atoms with Crippen molar-refractivity contribution in [2.75, 3.05) is 31.1 Å². The van der Waals surface area contributed by atoms with E-state index in [1.807, 2.05) is 12.4 Å². The highest BCUT2D eigenvalue weighted by Gasteiger charge is 2.36. The molecule has 1 aromatic heterocycles. The maximum Gasteiger partial charge on any atom is 0.225 e. The Morgan fingerprint density at radius 3 is 2.52 bits per heavy atom. The average molecular weight is 343 g/mol. The number of hydrogen-bond donors (Lipinski definition) is 1. The minimum atomic E-state index is 0.336. The average Bonchev–Trinajstić information content (AvgIpc) is 3.35. The van der Waals surface area contributed by atoms with E-state index in [1.165, 1.54) is 12.8 Å². The first kappa shape index (κ1) is 16.8. The lowest BCUT2D eigenvalue weighted by Gasteiger charge is -2.37. The summed E-state index contributed by atoms with van der Waals surface area (Å²) in [6.45, 7) is 6.97. The Kier molecular flexibility index (Phi) is 4.88. The molecule has 1 N–H and O–H groups in total. The number of amides is 1. The van der Waals surface area contributed by atoms with Gasteiger partial charge in [-0.1, -0.05) is 6.92 Å². The van der Waals surface area contributed by atoms with Gasteiger partial charge < -0.3 is 15.1 Å². The number of anilines is 1. The first-order chi connectivity index (χ1) is 12.2. The van der Waals surface area contributed by atoms with E-state index in [4.69, 9.17) is 0 Å². The lowest BCUT2D eigenvalue weighted by atomic mass is 9.93. The third-order valence-electron chi connectivity index (χ3n) is 5.79. The molecular weight excluding hydrogens is 314 g/mol.